The SMILES string of the molecule is Cc1cccc(C[C@H](O)C=C[C@@H]2[C@H]3CC(CSCCCN4CCCC4)=C[C@H]3C[C@H]2O)c1. The van der Waals surface area contributed by atoms with Crippen LogP contribution in [0.5, 0.6) is 0 Å². The maximum atomic E-state index is 10.6. The Hall–Kier alpha value is -1.07. The van der Waals surface area contributed by atoms with Gasteiger partial charge in [-0.3, -0.25) is 0 Å². The first-order valence-electron chi connectivity index (χ1n) is 12.2. The first-order valence-corrected chi connectivity index (χ1v) is 13.3. The lowest BCUT2D eigenvalue weighted by Gasteiger charge is -2.19. The second-order valence-electron chi connectivity index (χ2n) is 9.84. The van der Waals surface area contributed by atoms with Crippen molar-refractivity contribution in [3.63, 3.8) is 0 Å². The standard InChI is InChI=1S/C27H39NO2S/c1-20-6-4-7-21(14-20)16-24(29)8-9-25-26-17-22(15-23(26)18-27(25)30)19-31-13-5-12-28-10-2-3-11-28/h4,6-9,14-15,23-27,29-30H,2-3,5,10-13,16-19H2,1H3/t23-,24+,25+,26-,27+/m0/s1. The van der Waals surface area contributed by atoms with E-state index in [1.165, 1.54) is 50.2 Å². The average Bonchev–Trinajstić information content (AvgIpc) is 3.43. The number of hydrogen-bond donors (Lipinski definition) is 2. The number of aliphatic hydroxyl groups excluding tert-OH is 2. The molecule has 0 unspecified atom stereocenters. The van der Waals surface area contributed by atoms with E-state index in [-0.39, 0.29) is 12.0 Å². The summed E-state index contributed by atoms with van der Waals surface area (Å²) in [5, 5.41) is 21.1. The number of fused-ring (bicyclic) bond motifs is 1. The summed E-state index contributed by atoms with van der Waals surface area (Å²) in [6.45, 7) is 5.95. The number of likely N-dealkylation sites (tertiary alicyclic amines) is 1. The van der Waals surface area contributed by atoms with Gasteiger partial charge in [0, 0.05) is 18.1 Å². The third-order valence-electron chi connectivity index (χ3n) is 7.28. The van der Waals surface area contributed by atoms with Gasteiger partial charge in [-0.25, -0.2) is 0 Å². The van der Waals surface area contributed by atoms with Gasteiger partial charge in [0.25, 0.3) is 0 Å². The van der Waals surface area contributed by atoms with E-state index in [0.29, 0.717) is 18.3 Å². The van der Waals surface area contributed by atoms with Crippen LogP contribution in [0.25, 0.3) is 0 Å². The molecule has 0 aromatic heterocycles. The van der Waals surface area contributed by atoms with Crippen LogP contribution in [0.15, 0.2) is 48.1 Å². The monoisotopic (exact) mass is 441 g/mol. The molecule has 2 fully saturated rings. The third kappa shape index (κ3) is 6.47. The largest absolute Gasteiger partial charge is 0.392 e. The van der Waals surface area contributed by atoms with E-state index < -0.39 is 6.10 Å². The molecule has 1 saturated heterocycles. The smallest absolute Gasteiger partial charge is 0.0761 e. The zero-order chi connectivity index (χ0) is 21.6. The van der Waals surface area contributed by atoms with E-state index in [4.69, 9.17) is 0 Å². The normalized spacial score (nSPS) is 29.6. The van der Waals surface area contributed by atoms with Gasteiger partial charge in [0.05, 0.1) is 12.2 Å². The van der Waals surface area contributed by atoms with Crippen molar-refractivity contribution in [2.24, 2.45) is 17.8 Å². The molecule has 1 saturated carbocycles. The van der Waals surface area contributed by atoms with Crippen LogP contribution < -0.4 is 0 Å². The number of aliphatic hydroxyl groups is 2. The second-order valence-corrected chi connectivity index (χ2v) is 10.9. The van der Waals surface area contributed by atoms with Crippen molar-refractivity contribution < 1.29 is 10.2 Å². The van der Waals surface area contributed by atoms with Crippen LogP contribution in [0, 0.1) is 24.7 Å². The Morgan fingerprint density at radius 1 is 1.26 bits per heavy atom. The molecular weight excluding hydrogens is 402 g/mol. The van der Waals surface area contributed by atoms with Crippen molar-refractivity contribution in [2.75, 3.05) is 31.1 Å². The maximum absolute atomic E-state index is 10.6. The lowest BCUT2D eigenvalue weighted by atomic mass is 9.89. The summed E-state index contributed by atoms with van der Waals surface area (Å²) in [6.07, 6.45) is 12.4. The number of thioether (sulfide) groups is 1. The summed E-state index contributed by atoms with van der Waals surface area (Å²) >= 11 is 2.08. The molecule has 1 aromatic rings. The first-order chi connectivity index (χ1) is 15.1. The fourth-order valence-corrected chi connectivity index (χ4v) is 6.67. The molecule has 1 aromatic carbocycles. The summed E-state index contributed by atoms with van der Waals surface area (Å²) in [5.41, 5.74) is 3.96. The van der Waals surface area contributed by atoms with Crippen LogP contribution in [0.2, 0.25) is 0 Å². The molecule has 1 aliphatic heterocycles. The van der Waals surface area contributed by atoms with Crippen molar-refractivity contribution >= 4 is 11.8 Å². The molecule has 5 atom stereocenters. The third-order valence-corrected chi connectivity index (χ3v) is 8.43. The minimum absolute atomic E-state index is 0.172. The van der Waals surface area contributed by atoms with Gasteiger partial charge in [0.2, 0.25) is 0 Å². The molecule has 0 bridgehead atoms. The molecule has 3 aliphatic rings. The topological polar surface area (TPSA) is 43.7 Å². The minimum atomic E-state index is -0.493. The molecule has 4 heteroatoms. The number of allylic oxidation sites excluding steroid dienone is 1. The van der Waals surface area contributed by atoms with Gasteiger partial charge in [0.15, 0.2) is 0 Å². The molecule has 0 radical (unpaired) electrons. The number of benzene rings is 1. The highest BCUT2D eigenvalue weighted by Gasteiger charge is 2.43. The van der Waals surface area contributed by atoms with Crippen LogP contribution >= 0.6 is 11.8 Å². The van der Waals surface area contributed by atoms with Crippen molar-refractivity contribution in [1.29, 1.82) is 0 Å². The van der Waals surface area contributed by atoms with Crippen LogP contribution in [-0.2, 0) is 6.42 Å². The first kappa shape index (κ1) is 23.1. The van der Waals surface area contributed by atoms with Crippen molar-refractivity contribution in [1.82, 2.24) is 4.90 Å². The quantitative estimate of drug-likeness (QED) is 0.411. The highest BCUT2D eigenvalue weighted by atomic mass is 32.2. The summed E-state index contributed by atoms with van der Waals surface area (Å²) in [7, 11) is 0. The molecule has 4 rings (SSSR count). The molecular formula is C27H39NO2S. The molecule has 1 heterocycles. The van der Waals surface area contributed by atoms with E-state index in [1.54, 1.807) is 5.57 Å². The van der Waals surface area contributed by atoms with E-state index in [1.807, 2.05) is 12.1 Å². The van der Waals surface area contributed by atoms with Gasteiger partial charge in [-0.1, -0.05) is 53.6 Å². The second kappa shape index (κ2) is 11.2. The highest BCUT2D eigenvalue weighted by molar-refractivity contribution is 7.99. The zero-order valence-corrected chi connectivity index (χ0v) is 19.8. The van der Waals surface area contributed by atoms with Crippen LogP contribution in [-0.4, -0.2) is 58.5 Å². The van der Waals surface area contributed by atoms with E-state index in [0.717, 1.165) is 24.2 Å². The number of aryl methyl sites for hydroxylation is 1. The Morgan fingerprint density at radius 2 is 2.10 bits per heavy atom. The van der Waals surface area contributed by atoms with Crippen LogP contribution in [0.1, 0.15) is 43.2 Å². The van der Waals surface area contributed by atoms with E-state index in [2.05, 4.69) is 53.9 Å². The minimum Gasteiger partial charge on any atom is -0.392 e. The Morgan fingerprint density at radius 3 is 2.90 bits per heavy atom. The van der Waals surface area contributed by atoms with Crippen LogP contribution in [0.3, 0.4) is 0 Å². The predicted octanol–water partition coefficient (Wildman–Crippen LogP) is 4.62. The predicted molar refractivity (Wildman–Crippen MR) is 131 cm³/mol. The molecule has 170 valence electrons. The summed E-state index contributed by atoms with van der Waals surface area (Å²) in [4.78, 5) is 2.60. The van der Waals surface area contributed by atoms with Crippen molar-refractivity contribution in [3.05, 3.63) is 59.2 Å². The molecule has 2 N–H and O–H groups in total. The Bertz CT molecular complexity index is 770. The number of nitrogens with zero attached hydrogens (tertiary/aromatic N) is 1. The van der Waals surface area contributed by atoms with Gasteiger partial charge >= 0.3 is 0 Å². The van der Waals surface area contributed by atoms with Gasteiger partial charge in [-0.15, -0.1) is 0 Å². The van der Waals surface area contributed by atoms with E-state index in [9.17, 15) is 10.2 Å². The molecule has 0 amide bonds. The Kier molecular flexibility index (Phi) is 8.33. The maximum Gasteiger partial charge on any atom is 0.0761 e. The van der Waals surface area contributed by atoms with Crippen LogP contribution in [0.4, 0.5) is 0 Å². The molecule has 0 spiro atoms. The van der Waals surface area contributed by atoms with Gasteiger partial charge in [-0.2, -0.15) is 11.8 Å². The lowest BCUT2D eigenvalue weighted by Crippen LogP contribution is -2.20. The fourth-order valence-electron chi connectivity index (χ4n) is 5.72. The Labute approximate surface area is 192 Å². The summed E-state index contributed by atoms with van der Waals surface area (Å²) in [5.74, 6) is 3.60. The van der Waals surface area contributed by atoms with Gasteiger partial charge < -0.3 is 15.1 Å². The van der Waals surface area contributed by atoms with Gasteiger partial charge in [-0.05, 0) is 81.8 Å². The summed E-state index contributed by atoms with van der Waals surface area (Å²) < 4.78 is 0. The Balaban J connectivity index is 1.20. The van der Waals surface area contributed by atoms with E-state index >= 15 is 0 Å². The zero-order valence-electron chi connectivity index (χ0n) is 19.0. The van der Waals surface area contributed by atoms with Gasteiger partial charge in [0.1, 0.15) is 0 Å². The molecule has 31 heavy (non-hydrogen) atoms. The lowest BCUT2D eigenvalue weighted by molar-refractivity contribution is 0.140. The average molecular weight is 442 g/mol. The fraction of sp³-hybridized carbons (Fsp3) is 0.630. The molecule has 2 aliphatic carbocycles. The van der Waals surface area contributed by atoms with Crippen molar-refractivity contribution in [3.8, 4) is 0 Å². The number of hydrogen-bond acceptors (Lipinski definition) is 4. The molecule has 3 nitrogen and oxygen atoms in total. The van der Waals surface area contributed by atoms with Crippen molar-refractivity contribution in [2.45, 2.75) is 57.7 Å². The highest BCUT2D eigenvalue weighted by Crippen LogP contribution is 2.47. The summed E-state index contributed by atoms with van der Waals surface area (Å²) in [6, 6.07) is 8.33. The number of rotatable bonds is 10.